The van der Waals surface area contributed by atoms with Gasteiger partial charge in [-0.3, -0.25) is 4.79 Å². The zero-order valence-electron chi connectivity index (χ0n) is 14.7. The van der Waals surface area contributed by atoms with E-state index in [1.54, 1.807) is 31.5 Å². The molecule has 0 aliphatic carbocycles. The van der Waals surface area contributed by atoms with Gasteiger partial charge in [-0.25, -0.2) is 9.97 Å². The fraction of sp³-hybridized carbons (Fsp3) is 0.150. The molecule has 6 heteroatoms. The monoisotopic (exact) mass is 348 g/mol. The molecule has 3 rings (SSSR count). The number of aromatic nitrogens is 2. The second-order valence-corrected chi connectivity index (χ2v) is 5.59. The minimum absolute atomic E-state index is 0.277. The molecular weight excluding hydrogens is 328 g/mol. The van der Waals surface area contributed by atoms with Crippen LogP contribution in [0.25, 0.3) is 0 Å². The predicted octanol–water partition coefficient (Wildman–Crippen LogP) is 4.04. The molecule has 0 aliphatic heterocycles. The summed E-state index contributed by atoms with van der Waals surface area (Å²) in [5, 5.41) is 5.99. The number of nitrogens with one attached hydrogen (secondary N) is 2. The molecule has 0 aliphatic rings. The normalized spacial score (nSPS) is 10.2. The molecule has 132 valence electrons. The minimum atomic E-state index is -0.313. The summed E-state index contributed by atoms with van der Waals surface area (Å²) in [6.45, 7) is 2.08. The van der Waals surface area contributed by atoms with Crippen LogP contribution in [0.2, 0.25) is 0 Å². The van der Waals surface area contributed by atoms with E-state index >= 15 is 0 Å². The number of para-hydroxylation sites is 1. The van der Waals surface area contributed by atoms with Crippen molar-refractivity contribution >= 4 is 23.2 Å². The van der Waals surface area contributed by atoms with Crippen LogP contribution < -0.4 is 15.4 Å². The molecule has 0 atom stereocenters. The Hall–Kier alpha value is -3.41. The van der Waals surface area contributed by atoms with Gasteiger partial charge in [0.2, 0.25) is 5.95 Å². The van der Waals surface area contributed by atoms with Gasteiger partial charge in [-0.1, -0.05) is 31.2 Å². The van der Waals surface area contributed by atoms with E-state index in [0.717, 1.165) is 17.7 Å². The average Bonchev–Trinajstić information content (AvgIpc) is 2.69. The number of carbonyl (C=O) groups excluding carboxylic acids is 1. The third-order valence-corrected chi connectivity index (χ3v) is 3.86. The van der Waals surface area contributed by atoms with Crippen LogP contribution in [-0.4, -0.2) is 23.0 Å². The van der Waals surface area contributed by atoms with Crippen molar-refractivity contribution in [3.63, 3.8) is 0 Å². The highest BCUT2D eigenvalue weighted by Gasteiger charge is 2.10. The number of hydrogen-bond acceptors (Lipinski definition) is 5. The second-order valence-electron chi connectivity index (χ2n) is 5.59. The summed E-state index contributed by atoms with van der Waals surface area (Å²) in [7, 11) is 1.58. The quantitative estimate of drug-likeness (QED) is 0.703. The third kappa shape index (κ3) is 4.16. The van der Waals surface area contributed by atoms with Crippen LogP contribution >= 0.6 is 0 Å². The molecule has 0 radical (unpaired) electrons. The molecule has 0 bridgehead atoms. The Labute approximate surface area is 152 Å². The number of aryl methyl sites for hydroxylation is 1. The number of nitrogens with zero attached hydrogens (tertiary/aromatic N) is 2. The van der Waals surface area contributed by atoms with Gasteiger partial charge in [0, 0.05) is 23.6 Å². The summed E-state index contributed by atoms with van der Waals surface area (Å²) in [5.74, 6) is 0.737. The Balaban J connectivity index is 1.77. The molecule has 3 aromatic rings. The lowest BCUT2D eigenvalue weighted by atomic mass is 10.1. The molecule has 2 aromatic carbocycles. The standard InChI is InChI=1S/C20H20N4O2/c1-3-14-7-4-5-10-17(14)23-20-21-12-11-18(24-20)19(25)22-15-8-6-9-16(13-15)26-2/h4-13H,3H2,1-2H3,(H,22,25)(H,21,23,24). The van der Waals surface area contributed by atoms with Crippen molar-refractivity contribution in [2.45, 2.75) is 13.3 Å². The van der Waals surface area contributed by atoms with E-state index in [1.165, 1.54) is 0 Å². The van der Waals surface area contributed by atoms with Gasteiger partial charge < -0.3 is 15.4 Å². The van der Waals surface area contributed by atoms with E-state index in [-0.39, 0.29) is 11.6 Å². The molecule has 6 nitrogen and oxygen atoms in total. The lowest BCUT2D eigenvalue weighted by Crippen LogP contribution is -2.15. The molecule has 1 amide bonds. The number of hydrogen-bond donors (Lipinski definition) is 2. The largest absolute Gasteiger partial charge is 0.497 e. The highest BCUT2D eigenvalue weighted by Crippen LogP contribution is 2.20. The van der Waals surface area contributed by atoms with Gasteiger partial charge in [-0.15, -0.1) is 0 Å². The maximum Gasteiger partial charge on any atom is 0.274 e. The van der Waals surface area contributed by atoms with Crippen LogP contribution in [0.4, 0.5) is 17.3 Å². The maximum absolute atomic E-state index is 12.5. The van der Waals surface area contributed by atoms with E-state index in [9.17, 15) is 4.79 Å². The van der Waals surface area contributed by atoms with Gasteiger partial charge in [-0.05, 0) is 36.2 Å². The van der Waals surface area contributed by atoms with Crippen molar-refractivity contribution in [2.75, 3.05) is 17.7 Å². The van der Waals surface area contributed by atoms with E-state index in [2.05, 4.69) is 27.5 Å². The first-order valence-corrected chi connectivity index (χ1v) is 8.33. The van der Waals surface area contributed by atoms with Gasteiger partial charge >= 0.3 is 0 Å². The summed E-state index contributed by atoms with van der Waals surface area (Å²) < 4.78 is 5.16. The van der Waals surface area contributed by atoms with E-state index < -0.39 is 0 Å². The average molecular weight is 348 g/mol. The number of methoxy groups -OCH3 is 1. The van der Waals surface area contributed by atoms with Crippen LogP contribution in [0.15, 0.2) is 60.8 Å². The lowest BCUT2D eigenvalue weighted by molar-refractivity contribution is 0.102. The second kappa shape index (κ2) is 8.11. The van der Waals surface area contributed by atoms with Crippen molar-refractivity contribution in [1.29, 1.82) is 0 Å². The lowest BCUT2D eigenvalue weighted by Gasteiger charge is -2.10. The van der Waals surface area contributed by atoms with Gasteiger partial charge in [-0.2, -0.15) is 0 Å². The number of benzene rings is 2. The topological polar surface area (TPSA) is 76.1 Å². The van der Waals surface area contributed by atoms with Gasteiger partial charge in [0.15, 0.2) is 0 Å². The van der Waals surface area contributed by atoms with Gasteiger partial charge in [0.25, 0.3) is 5.91 Å². The molecule has 1 aromatic heterocycles. The summed E-state index contributed by atoms with van der Waals surface area (Å²) in [4.78, 5) is 21.0. The zero-order valence-corrected chi connectivity index (χ0v) is 14.7. The minimum Gasteiger partial charge on any atom is -0.497 e. The smallest absolute Gasteiger partial charge is 0.274 e. The fourth-order valence-electron chi connectivity index (χ4n) is 2.51. The first kappa shape index (κ1) is 17.4. The Bertz CT molecular complexity index is 912. The molecule has 26 heavy (non-hydrogen) atoms. The van der Waals surface area contributed by atoms with E-state index in [0.29, 0.717) is 17.4 Å². The van der Waals surface area contributed by atoms with Gasteiger partial charge in [0.1, 0.15) is 11.4 Å². The SMILES string of the molecule is CCc1ccccc1Nc1nccc(C(=O)Nc2cccc(OC)c2)n1. The third-order valence-electron chi connectivity index (χ3n) is 3.86. The van der Waals surface area contributed by atoms with Gasteiger partial charge in [0.05, 0.1) is 7.11 Å². The highest BCUT2D eigenvalue weighted by molar-refractivity contribution is 6.03. The number of rotatable bonds is 6. The molecular formula is C20H20N4O2. The Kier molecular flexibility index (Phi) is 5.43. The number of carbonyl (C=O) groups is 1. The molecule has 2 N–H and O–H groups in total. The molecule has 1 heterocycles. The van der Waals surface area contributed by atoms with Crippen LogP contribution in [-0.2, 0) is 6.42 Å². The number of amides is 1. The van der Waals surface area contributed by atoms with Crippen molar-refractivity contribution in [3.8, 4) is 5.75 Å². The summed E-state index contributed by atoms with van der Waals surface area (Å²) >= 11 is 0. The Morgan fingerprint density at radius 2 is 1.96 bits per heavy atom. The first-order chi connectivity index (χ1) is 12.7. The highest BCUT2D eigenvalue weighted by atomic mass is 16.5. The van der Waals surface area contributed by atoms with Crippen LogP contribution in [0, 0.1) is 0 Å². The van der Waals surface area contributed by atoms with Crippen LogP contribution in [0.1, 0.15) is 23.0 Å². The Morgan fingerprint density at radius 1 is 1.12 bits per heavy atom. The summed E-state index contributed by atoms with van der Waals surface area (Å²) in [6.07, 6.45) is 2.45. The molecule has 0 fully saturated rings. The fourth-order valence-corrected chi connectivity index (χ4v) is 2.51. The zero-order chi connectivity index (χ0) is 18.4. The maximum atomic E-state index is 12.5. The van der Waals surface area contributed by atoms with Crippen molar-refractivity contribution < 1.29 is 9.53 Å². The summed E-state index contributed by atoms with van der Waals surface area (Å²) in [6, 6.07) is 16.7. The van der Waals surface area contributed by atoms with Crippen molar-refractivity contribution in [3.05, 3.63) is 72.1 Å². The van der Waals surface area contributed by atoms with Crippen molar-refractivity contribution in [2.24, 2.45) is 0 Å². The van der Waals surface area contributed by atoms with Crippen molar-refractivity contribution in [1.82, 2.24) is 9.97 Å². The predicted molar refractivity (Wildman–Crippen MR) is 102 cm³/mol. The number of anilines is 3. The van der Waals surface area contributed by atoms with Crippen LogP contribution in [0.5, 0.6) is 5.75 Å². The number of ether oxygens (including phenoxy) is 1. The first-order valence-electron chi connectivity index (χ1n) is 8.33. The molecule has 0 saturated carbocycles. The van der Waals surface area contributed by atoms with Crippen LogP contribution in [0.3, 0.4) is 0 Å². The molecule has 0 spiro atoms. The van der Waals surface area contributed by atoms with E-state index in [4.69, 9.17) is 4.74 Å². The Morgan fingerprint density at radius 3 is 2.77 bits per heavy atom. The summed E-state index contributed by atoms with van der Waals surface area (Å²) in [5.41, 5.74) is 3.00. The van der Waals surface area contributed by atoms with E-state index in [1.807, 2.05) is 36.4 Å². The molecule has 0 saturated heterocycles. The molecule has 0 unspecified atom stereocenters.